The number of fused-ring (bicyclic) bond motifs is 2. The fraction of sp³-hybridized carbons (Fsp3) is 0.448. The molecular weight excluding hydrogens is 466 g/mol. The van der Waals surface area contributed by atoms with Crippen LogP contribution in [-0.2, 0) is 13.2 Å². The normalized spacial score (nSPS) is 19.9. The molecule has 3 aromatic rings. The Balaban J connectivity index is 1.40. The maximum Gasteiger partial charge on any atom is 0.254 e. The van der Waals surface area contributed by atoms with Crippen molar-refractivity contribution in [1.29, 1.82) is 0 Å². The van der Waals surface area contributed by atoms with Crippen LogP contribution in [0.3, 0.4) is 0 Å². The van der Waals surface area contributed by atoms with Gasteiger partial charge < -0.3 is 29.9 Å². The van der Waals surface area contributed by atoms with Crippen molar-refractivity contribution >= 4 is 34.4 Å². The van der Waals surface area contributed by atoms with Crippen LogP contribution in [0.25, 0.3) is 10.9 Å². The summed E-state index contributed by atoms with van der Waals surface area (Å²) in [7, 11) is 2.03. The summed E-state index contributed by atoms with van der Waals surface area (Å²) in [5.41, 5.74) is 11.4. The Morgan fingerprint density at radius 2 is 2.05 bits per heavy atom. The molecule has 0 spiro atoms. The summed E-state index contributed by atoms with van der Waals surface area (Å²) in [6, 6.07) is 12.0. The smallest absolute Gasteiger partial charge is 0.254 e. The molecule has 1 saturated carbocycles. The molecule has 1 saturated heterocycles. The molecular formula is C29H35N5O3. The van der Waals surface area contributed by atoms with Crippen LogP contribution in [0.15, 0.2) is 41.4 Å². The molecule has 2 aliphatic heterocycles. The highest BCUT2D eigenvalue weighted by molar-refractivity contribution is 5.99. The van der Waals surface area contributed by atoms with Crippen molar-refractivity contribution in [1.82, 2.24) is 9.47 Å². The second-order valence-corrected chi connectivity index (χ2v) is 10.7. The van der Waals surface area contributed by atoms with Gasteiger partial charge in [0.05, 0.1) is 30.7 Å². The summed E-state index contributed by atoms with van der Waals surface area (Å²) in [6.07, 6.45) is 6.27. The number of hydrogen-bond donors (Lipinski definition) is 2. The van der Waals surface area contributed by atoms with Crippen molar-refractivity contribution in [3.05, 3.63) is 53.2 Å². The molecule has 1 aromatic heterocycles. The monoisotopic (exact) mass is 501 g/mol. The third-order valence-electron chi connectivity index (χ3n) is 7.77. The van der Waals surface area contributed by atoms with Crippen molar-refractivity contribution < 1.29 is 14.6 Å². The minimum Gasteiger partial charge on any atom is -0.489 e. The van der Waals surface area contributed by atoms with E-state index >= 15 is 0 Å². The van der Waals surface area contributed by atoms with Crippen molar-refractivity contribution in [2.75, 3.05) is 38.2 Å². The average Bonchev–Trinajstić information content (AvgIpc) is 3.67. The Bertz CT molecular complexity index is 1360. The first-order valence-electron chi connectivity index (χ1n) is 13.3. The molecule has 2 fully saturated rings. The van der Waals surface area contributed by atoms with Gasteiger partial charge in [0, 0.05) is 49.2 Å². The van der Waals surface area contributed by atoms with Crippen LogP contribution in [0.4, 0.5) is 11.4 Å². The van der Waals surface area contributed by atoms with Crippen LogP contribution in [0.2, 0.25) is 0 Å². The van der Waals surface area contributed by atoms with Gasteiger partial charge in [-0.15, -0.1) is 0 Å². The van der Waals surface area contributed by atoms with Crippen molar-refractivity contribution in [3.8, 4) is 5.75 Å². The Kier molecular flexibility index (Phi) is 6.38. The molecule has 0 radical (unpaired) electrons. The third-order valence-corrected chi connectivity index (χ3v) is 7.77. The van der Waals surface area contributed by atoms with Gasteiger partial charge in [-0.1, -0.05) is 12.1 Å². The number of nitrogens with zero attached hydrogens (tertiary/aromatic N) is 4. The maximum absolute atomic E-state index is 13.4. The molecule has 194 valence electrons. The number of aliphatic hydroxyl groups is 1. The first kappa shape index (κ1) is 24.0. The molecule has 0 bridgehead atoms. The number of rotatable bonds is 6. The number of likely N-dealkylation sites (N-methyl/N-ethyl adjacent to an activating group) is 1. The topological polar surface area (TPSA) is 96.3 Å². The third kappa shape index (κ3) is 4.83. The van der Waals surface area contributed by atoms with Crippen LogP contribution >= 0.6 is 0 Å². The summed E-state index contributed by atoms with van der Waals surface area (Å²) in [6.45, 7) is 3.59. The number of piperidine rings is 1. The Labute approximate surface area is 217 Å². The number of likely N-dealkylation sites (tertiary alicyclic amines) is 1. The number of hydrogen-bond acceptors (Lipinski definition) is 6. The largest absolute Gasteiger partial charge is 0.489 e. The van der Waals surface area contributed by atoms with Crippen molar-refractivity contribution in [2.45, 2.75) is 44.9 Å². The minimum atomic E-state index is -0.0226. The van der Waals surface area contributed by atoms with Gasteiger partial charge in [-0.2, -0.15) is 0 Å². The molecule has 3 aliphatic rings. The fourth-order valence-corrected chi connectivity index (χ4v) is 5.51. The van der Waals surface area contributed by atoms with E-state index in [4.69, 9.17) is 15.5 Å². The average molecular weight is 502 g/mol. The van der Waals surface area contributed by atoms with Crippen molar-refractivity contribution in [2.24, 2.45) is 16.6 Å². The number of aliphatic hydroxyl groups excluding tert-OH is 1. The maximum atomic E-state index is 13.4. The molecule has 1 unspecified atom stereocenters. The summed E-state index contributed by atoms with van der Waals surface area (Å²) in [5.74, 6) is 1.36. The summed E-state index contributed by atoms with van der Waals surface area (Å²) in [5, 5.41) is 10.8. The van der Waals surface area contributed by atoms with Crippen LogP contribution < -0.4 is 15.4 Å². The van der Waals surface area contributed by atoms with Gasteiger partial charge in [0.25, 0.3) is 5.91 Å². The number of carbonyl (C=O) groups excluding carboxylic acids is 1. The second kappa shape index (κ2) is 9.84. The van der Waals surface area contributed by atoms with E-state index in [1.54, 1.807) is 0 Å². The van der Waals surface area contributed by atoms with Crippen LogP contribution in [-0.4, -0.2) is 66.0 Å². The number of ether oxygens (including phenoxy) is 1. The number of benzene rings is 2. The van der Waals surface area contributed by atoms with Crippen LogP contribution in [0.5, 0.6) is 5.75 Å². The Morgan fingerprint density at radius 1 is 1.19 bits per heavy atom. The molecule has 6 rings (SSSR count). The second-order valence-electron chi connectivity index (χ2n) is 10.7. The number of aromatic nitrogens is 1. The summed E-state index contributed by atoms with van der Waals surface area (Å²) >= 11 is 0. The van der Waals surface area contributed by atoms with Gasteiger partial charge in [-0.05, 0) is 61.4 Å². The zero-order valence-corrected chi connectivity index (χ0v) is 21.4. The molecule has 2 aromatic carbocycles. The van der Waals surface area contributed by atoms with Gasteiger partial charge >= 0.3 is 0 Å². The van der Waals surface area contributed by atoms with E-state index < -0.39 is 0 Å². The van der Waals surface area contributed by atoms with E-state index in [1.165, 1.54) is 12.8 Å². The highest BCUT2D eigenvalue weighted by Crippen LogP contribution is 2.41. The van der Waals surface area contributed by atoms with E-state index in [9.17, 15) is 9.90 Å². The first-order chi connectivity index (χ1) is 18.0. The van der Waals surface area contributed by atoms with E-state index in [0.717, 1.165) is 66.0 Å². The van der Waals surface area contributed by atoms with E-state index in [-0.39, 0.29) is 18.6 Å². The number of amides is 1. The van der Waals surface area contributed by atoms with Gasteiger partial charge in [0.2, 0.25) is 0 Å². The van der Waals surface area contributed by atoms with Gasteiger partial charge in [-0.3, -0.25) is 9.79 Å². The molecule has 3 N–H and O–H groups in total. The standard InChI is InChI=1S/C29H35N5O3/c1-32-9-10-37-27-14-22(29(36)33-8-2-3-23(30)17-33)13-25(28(27)32)31-15-24-12-21-7-6-20(18-35)11-26(21)34(24)16-19-4-5-19/h6-7,11-15,19,23,35H,2-5,8-10,16-18,30H2,1H3/b31-15+. The molecule has 1 aliphatic carbocycles. The highest BCUT2D eigenvalue weighted by Gasteiger charge is 2.27. The zero-order chi connectivity index (χ0) is 25.5. The van der Waals surface area contributed by atoms with Gasteiger partial charge in [0.1, 0.15) is 18.0 Å². The lowest BCUT2D eigenvalue weighted by Gasteiger charge is -2.32. The molecule has 8 heteroatoms. The highest BCUT2D eigenvalue weighted by atomic mass is 16.5. The molecule has 1 amide bonds. The van der Waals surface area contributed by atoms with Crippen LogP contribution in [0.1, 0.15) is 47.3 Å². The first-order valence-corrected chi connectivity index (χ1v) is 13.3. The lowest BCUT2D eigenvalue weighted by molar-refractivity contribution is 0.0708. The number of anilines is 1. The molecule has 1 atom stereocenters. The fourth-order valence-electron chi connectivity index (χ4n) is 5.51. The predicted molar refractivity (Wildman–Crippen MR) is 146 cm³/mol. The zero-order valence-electron chi connectivity index (χ0n) is 21.4. The number of nitrogens with two attached hydrogens (primary N) is 1. The van der Waals surface area contributed by atoms with Crippen molar-refractivity contribution in [3.63, 3.8) is 0 Å². The van der Waals surface area contributed by atoms with Crippen LogP contribution in [0, 0.1) is 5.92 Å². The van der Waals surface area contributed by atoms with Gasteiger partial charge in [0.15, 0.2) is 0 Å². The Hall–Kier alpha value is -3.36. The SMILES string of the molecule is CN1CCOc2cc(C(=O)N3CCCC(N)C3)cc(/N=C/c3cc4ccc(CO)cc4n3CC3CC3)c21. The quantitative estimate of drug-likeness (QED) is 0.503. The van der Waals surface area contributed by atoms with Gasteiger partial charge in [-0.25, -0.2) is 0 Å². The minimum absolute atomic E-state index is 0.0226. The molecule has 8 nitrogen and oxygen atoms in total. The number of aliphatic imine (C=N–C) groups is 1. The number of carbonyl (C=O) groups is 1. The molecule has 3 heterocycles. The predicted octanol–water partition coefficient (Wildman–Crippen LogP) is 3.69. The molecule has 37 heavy (non-hydrogen) atoms. The summed E-state index contributed by atoms with van der Waals surface area (Å²) in [4.78, 5) is 22.4. The summed E-state index contributed by atoms with van der Waals surface area (Å²) < 4.78 is 8.32. The van der Waals surface area contributed by atoms with E-state index in [2.05, 4.69) is 27.7 Å². The van der Waals surface area contributed by atoms with E-state index in [1.807, 2.05) is 36.4 Å². The van der Waals surface area contributed by atoms with E-state index in [0.29, 0.717) is 30.4 Å². The lowest BCUT2D eigenvalue weighted by Crippen LogP contribution is -2.45. The Morgan fingerprint density at radius 3 is 2.84 bits per heavy atom. The lowest BCUT2D eigenvalue weighted by atomic mass is 10.0.